The summed E-state index contributed by atoms with van der Waals surface area (Å²) in [5.74, 6) is -0.0211. The van der Waals surface area contributed by atoms with Crippen molar-refractivity contribution in [2.24, 2.45) is 5.92 Å². The van der Waals surface area contributed by atoms with Crippen molar-refractivity contribution in [3.63, 3.8) is 0 Å². The van der Waals surface area contributed by atoms with Gasteiger partial charge in [0.15, 0.2) is 5.69 Å². The van der Waals surface area contributed by atoms with E-state index in [-0.39, 0.29) is 23.8 Å². The summed E-state index contributed by atoms with van der Waals surface area (Å²) in [5, 5.41) is 10.4. The Bertz CT molecular complexity index is 1110. The first-order valence-electron chi connectivity index (χ1n) is 12.0. The maximum absolute atomic E-state index is 12.9. The second-order valence-corrected chi connectivity index (χ2v) is 9.19. The molecule has 4 heterocycles. The fraction of sp³-hybridized carbons (Fsp3) is 0.385. The Morgan fingerprint density at radius 3 is 2.62 bits per heavy atom. The fourth-order valence-corrected chi connectivity index (χ4v) is 4.86. The number of rotatable bonds is 6. The van der Waals surface area contributed by atoms with Crippen LogP contribution in [-0.2, 0) is 11.3 Å². The minimum atomic E-state index is -0.0994. The number of hydrogen-bond acceptors (Lipinski definition) is 5. The molecule has 2 N–H and O–H groups in total. The third-order valence-electron chi connectivity index (χ3n) is 6.79. The number of carbonyl (C=O) groups excluding carboxylic acids is 2. The molecule has 8 heteroatoms. The van der Waals surface area contributed by atoms with Gasteiger partial charge < -0.3 is 10.2 Å². The van der Waals surface area contributed by atoms with Crippen molar-refractivity contribution in [3.8, 4) is 11.3 Å². The van der Waals surface area contributed by atoms with Crippen LogP contribution in [0.1, 0.15) is 35.3 Å². The smallest absolute Gasteiger partial charge is 0.274 e. The molecule has 5 rings (SSSR count). The number of aromatic amines is 1. The van der Waals surface area contributed by atoms with E-state index in [1.807, 2.05) is 18.2 Å². The maximum Gasteiger partial charge on any atom is 0.274 e. The van der Waals surface area contributed by atoms with Crippen LogP contribution < -0.4 is 5.32 Å². The first kappa shape index (κ1) is 22.3. The maximum atomic E-state index is 12.9. The third-order valence-corrected chi connectivity index (χ3v) is 6.79. The number of amides is 2. The molecule has 0 saturated carbocycles. The van der Waals surface area contributed by atoms with Crippen LogP contribution in [0.15, 0.2) is 60.9 Å². The lowest BCUT2D eigenvalue weighted by Crippen LogP contribution is -2.46. The molecule has 1 atom stereocenters. The molecule has 1 aromatic carbocycles. The summed E-state index contributed by atoms with van der Waals surface area (Å²) in [7, 11) is 0. The molecule has 2 aliphatic heterocycles. The van der Waals surface area contributed by atoms with Gasteiger partial charge in [-0.2, -0.15) is 5.10 Å². The standard InChI is InChI=1S/C26H30N6O2/c33-25(28-22-10-12-31(18-22)17-19-5-2-1-3-6-19)20-8-13-32(14-9-20)26(34)24-15-23(29-30-24)21-7-4-11-27-16-21/h1-7,11,15-16,20,22H,8-10,12-14,17-18H2,(H,28,33)(H,29,30)/t22-/m1/s1. The number of likely N-dealkylation sites (tertiary alicyclic amines) is 2. The van der Waals surface area contributed by atoms with Crippen molar-refractivity contribution in [2.75, 3.05) is 26.2 Å². The van der Waals surface area contributed by atoms with E-state index in [9.17, 15) is 9.59 Å². The number of pyridine rings is 1. The van der Waals surface area contributed by atoms with Gasteiger partial charge in [0.2, 0.25) is 5.91 Å². The van der Waals surface area contributed by atoms with Crippen molar-refractivity contribution >= 4 is 11.8 Å². The zero-order valence-corrected chi connectivity index (χ0v) is 19.2. The average Bonchev–Trinajstić information content (AvgIpc) is 3.55. The highest BCUT2D eigenvalue weighted by atomic mass is 16.2. The molecule has 3 aromatic rings. The van der Waals surface area contributed by atoms with E-state index in [1.165, 1.54) is 5.56 Å². The SMILES string of the molecule is O=C(N[C@@H]1CCN(Cc2ccccc2)C1)C1CCN(C(=O)c2cc(-c3cccnc3)[nH]n2)CC1. The summed E-state index contributed by atoms with van der Waals surface area (Å²) < 4.78 is 0. The van der Waals surface area contributed by atoms with E-state index < -0.39 is 0 Å². The minimum Gasteiger partial charge on any atom is -0.352 e. The quantitative estimate of drug-likeness (QED) is 0.592. The molecule has 0 aliphatic carbocycles. The lowest BCUT2D eigenvalue weighted by atomic mass is 9.95. The predicted octanol–water partition coefficient (Wildman–Crippen LogP) is 2.71. The van der Waals surface area contributed by atoms with Crippen molar-refractivity contribution in [1.29, 1.82) is 0 Å². The highest BCUT2D eigenvalue weighted by molar-refractivity contribution is 5.93. The van der Waals surface area contributed by atoms with E-state index in [4.69, 9.17) is 0 Å². The lowest BCUT2D eigenvalue weighted by molar-refractivity contribution is -0.126. The van der Waals surface area contributed by atoms with Crippen molar-refractivity contribution < 1.29 is 9.59 Å². The highest BCUT2D eigenvalue weighted by Crippen LogP contribution is 2.22. The highest BCUT2D eigenvalue weighted by Gasteiger charge is 2.31. The number of carbonyl (C=O) groups is 2. The second kappa shape index (κ2) is 10.2. The monoisotopic (exact) mass is 458 g/mol. The summed E-state index contributed by atoms with van der Waals surface area (Å²) in [5.41, 5.74) is 3.35. The van der Waals surface area contributed by atoms with E-state index in [1.54, 1.807) is 23.4 Å². The normalized spacial score (nSPS) is 19.3. The summed E-state index contributed by atoms with van der Waals surface area (Å²) >= 11 is 0. The average molecular weight is 459 g/mol. The van der Waals surface area contributed by atoms with E-state index in [0.29, 0.717) is 31.6 Å². The van der Waals surface area contributed by atoms with Crippen LogP contribution in [-0.4, -0.2) is 69.0 Å². The Morgan fingerprint density at radius 1 is 1.03 bits per heavy atom. The summed E-state index contributed by atoms with van der Waals surface area (Å²) in [6, 6.07) is 16.2. The van der Waals surface area contributed by atoms with Gasteiger partial charge in [0.05, 0.1) is 5.69 Å². The van der Waals surface area contributed by atoms with Crippen LogP contribution in [0.25, 0.3) is 11.3 Å². The van der Waals surface area contributed by atoms with E-state index >= 15 is 0 Å². The third kappa shape index (κ3) is 5.17. The first-order valence-corrected chi connectivity index (χ1v) is 12.0. The number of nitrogens with one attached hydrogen (secondary N) is 2. The van der Waals surface area contributed by atoms with Gasteiger partial charge in [-0.3, -0.25) is 24.6 Å². The molecular weight excluding hydrogens is 428 g/mol. The van der Waals surface area contributed by atoms with Gasteiger partial charge in [0.1, 0.15) is 0 Å². The zero-order chi connectivity index (χ0) is 23.3. The van der Waals surface area contributed by atoms with Gasteiger partial charge in [0.25, 0.3) is 5.91 Å². The molecule has 0 bridgehead atoms. The molecule has 2 amide bonds. The fourth-order valence-electron chi connectivity index (χ4n) is 4.86. The Kier molecular flexibility index (Phi) is 6.67. The van der Waals surface area contributed by atoms with Crippen LogP contribution in [0.2, 0.25) is 0 Å². The topological polar surface area (TPSA) is 94.2 Å². The Morgan fingerprint density at radius 2 is 1.85 bits per heavy atom. The summed E-state index contributed by atoms with van der Waals surface area (Å²) in [6.07, 6.45) is 5.78. The van der Waals surface area contributed by atoms with Gasteiger partial charge in [-0.1, -0.05) is 30.3 Å². The van der Waals surface area contributed by atoms with Gasteiger partial charge in [-0.05, 0) is 43.0 Å². The molecule has 2 saturated heterocycles. The Hall–Kier alpha value is -3.52. The molecule has 8 nitrogen and oxygen atoms in total. The van der Waals surface area contributed by atoms with Gasteiger partial charge in [-0.15, -0.1) is 0 Å². The summed E-state index contributed by atoms with van der Waals surface area (Å²) in [4.78, 5) is 34.1. The molecule has 0 unspecified atom stereocenters. The van der Waals surface area contributed by atoms with E-state index in [2.05, 4.69) is 49.7 Å². The molecule has 34 heavy (non-hydrogen) atoms. The second-order valence-electron chi connectivity index (χ2n) is 9.19. The zero-order valence-electron chi connectivity index (χ0n) is 19.2. The number of nitrogens with zero attached hydrogens (tertiary/aromatic N) is 4. The van der Waals surface area contributed by atoms with Crippen LogP contribution in [0.5, 0.6) is 0 Å². The molecular formula is C26H30N6O2. The molecule has 0 spiro atoms. The number of hydrogen-bond donors (Lipinski definition) is 2. The van der Waals surface area contributed by atoms with Crippen molar-refractivity contribution in [3.05, 3.63) is 72.2 Å². The number of benzene rings is 1. The molecule has 176 valence electrons. The molecule has 0 radical (unpaired) electrons. The van der Waals surface area contributed by atoms with Gasteiger partial charge in [0, 0.05) is 62.6 Å². The number of H-pyrrole nitrogens is 1. The summed E-state index contributed by atoms with van der Waals surface area (Å²) in [6.45, 7) is 3.94. The van der Waals surface area contributed by atoms with Crippen LogP contribution in [0, 0.1) is 5.92 Å². The number of aromatic nitrogens is 3. The lowest BCUT2D eigenvalue weighted by Gasteiger charge is -2.31. The van der Waals surface area contributed by atoms with Crippen molar-refractivity contribution in [1.82, 2.24) is 30.3 Å². The van der Waals surface area contributed by atoms with E-state index in [0.717, 1.165) is 37.3 Å². The Labute approximate surface area is 199 Å². The van der Waals surface area contributed by atoms with Crippen LogP contribution in [0.4, 0.5) is 0 Å². The predicted molar refractivity (Wildman–Crippen MR) is 129 cm³/mol. The van der Waals surface area contributed by atoms with Crippen LogP contribution >= 0.6 is 0 Å². The molecule has 2 fully saturated rings. The van der Waals surface area contributed by atoms with Crippen molar-refractivity contribution in [2.45, 2.75) is 31.8 Å². The number of piperidine rings is 1. The van der Waals surface area contributed by atoms with Crippen LogP contribution in [0.3, 0.4) is 0 Å². The molecule has 2 aliphatic rings. The minimum absolute atomic E-state index is 0.0441. The Balaban J connectivity index is 1.08. The molecule has 2 aromatic heterocycles. The largest absolute Gasteiger partial charge is 0.352 e. The van der Waals surface area contributed by atoms with Gasteiger partial charge in [-0.25, -0.2) is 0 Å². The first-order chi connectivity index (χ1) is 16.7. The van der Waals surface area contributed by atoms with Gasteiger partial charge >= 0.3 is 0 Å².